The van der Waals surface area contributed by atoms with Crippen LogP contribution in [0.2, 0.25) is 0 Å². The van der Waals surface area contributed by atoms with Gasteiger partial charge in [-0.3, -0.25) is 0 Å². The van der Waals surface area contributed by atoms with E-state index >= 15 is 0 Å². The summed E-state index contributed by atoms with van der Waals surface area (Å²) in [5.74, 6) is 0. The molecule has 2 heterocycles. The van der Waals surface area contributed by atoms with E-state index in [1.54, 1.807) is 11.3 Å². The highest BCUT2D eigenvalue weighted by Gasteiger charge is 2.03. The van der Waals surface area contributed by atoms with E-state index < -0.39 is 0 Å². The van der Waals surface area contributed by atoms with Crippen molar-refractivity contribution in [3.05, 3.63) is 58.4 Å². The Kier molecular flexibility index (Phi) is 4.19. The molecule has 0 atom stereocenters. The van der Waals surface area contributed by atoms with Gasteiger partial charge in [0.25, 0.3) is 0 Å². The predicted molar refractivity (Wildman–Crippen MR) is 87.6 cm³/mol. The van der Waals surface area contributed by atoms with Crippen LogP contribution in [-0.2, 0) is 13.0 Å². The molecule has 0 fully saturated rings. The number of hydrogen-bond donors (Lipinski definition) is 1. The Labute approximate surface area is 124 Å². The number of aromatic nitrogens is 1. The minimum absolute atomic E-state index is 1.02. The maximum absolute atomic E-state index is 3.54. The monoisotopic (exact) mass is 284 g/mol. The summed E-state index contributed by atoms with van der Waals surface area (Å²) in [4.78, 5) is 0. The number of thiophene rings is 1. The predicted octanol–water partition coefficient (Wildman–Crippen LogP) is 3.84. The normalized spacial score (nSPS) is 11.2. The third-order valence-electron chi connectivity index (χ3n) is 3.70. The summed E-state index contributed by atoms with van der Waals surface area (Å²) in [7, 11) is 0. The molecule has 0 aliphatic rings. The van der Waals surface area contributed by atoms with Crippen LogP contribution in [0.5, 0.6) is 0 Å². The van der Waals surface area contributed by atoms with Crippen LogP contribution in [0.4, 0.5) is 0 Å². The smallest absolute Gasteiger partial charge is 0.0482 e. The Morgan fingerprint density at radius 3 is 2.90 bits per heavy atom. The van der Waals surface area contributed by atoms with Gasteiger partial charge in [-0.05, 0) is 59.8 Å². The summed E-state index contributed by atoms with van der Waals surface area (Å²) in [5.41, 5.74) is 4.11. The molecule has 1 aromatic carbocycles. The number of nitrogens with zero attached hydrogens (tertiary/aromatic N) is 1. The van der Waals surface area contributed by atoms with E-state index in [0.717, 1.165) is 26.1 Å². The highest BCUT2D eigenvalue weighted by Crippen LogP contribution is 2.18. The van der Waals surface area contributed by atoms with Crippen LogP contribution in [0, 0.1) is 6.92 Å². The van der Waals surface area contributed by atoms with Gasteiger partial charge in [0.05, 0.1) is 0 Å². The summed E-state index contributed by atoms with van der Waals surface area (Å²) in [6, 6.07) is 13.1. The standard InChI is InChI=1S/C17H20N2S/c1-14-12-16-4-2-3-5-17(16)19(14)10-9-18-8-6-15-7-11-20-13-15/h2-5,7,11-13,18H,6,8-10H2,1H3. The molecule has 1 N–H and O–H groups in total. The molecule has 0 saturated heterocycles. The van der Waals surface area contributed by atoms with Crippen molar-refractivity contribution in [3.8, 4) is 0 Å². The van der Waals surface area contributed by atoms with Crippen LogP contribution >= 0.6 is 11.3 Å². The average molecular weight is 284 g/mol. The Hall–Kier alpha value is -1.58. The Morgan fingerprint density at radius 2 is 2.05 bits per heavy atom. The van der Waals surface area contributed by atoms with E-state index in [1.807, 2.05) is 0 Å². The van der Waals surface area contributed by atoms with Crippen LogP contribution < -0.4 is 5.32 Å². The van der Waals surface area contributed by atoms with Crippen LogP contribution in [0.3, 0.4) is 0 Å². The van der Waals surface area contributed by atoms with E-state index in [0.29, 0.717) is 0 Å². The number of rotatable bonds is 6. The zero-order valence-electron chi connectivity index (χ0n) is 11.8. The maximum atomic E-state index is 3.54. The molecular weight excluding hydrogens is 264 g/mol. The number of hydrogen-bond acceptors (Lipinski definition) is 2. The second kappa shape index (κ2) is 6.25. The first-order chi connectivity index (χ1) is 9.84. The first kappa shape index (κ1) is 13.4. The number of para-hydroxylation sites is 1. The van der Waals surface area contributed by atoms with Crippen LogP contribution in [0.1, 0.15) is 11.3 Å². The lowest BCUT2D eigenvalue weighted by atomic mass is 10.2. The lowest BCUT2D eigenvalue weighted by Crippen LogP contribution is -2.22. The largest absolute Gasteiger partial charge is 0.344 e. The van der Waals surface area contributed by atoms with Gasteiger partial charge in [0.1, 0.15) is 0 Å². The number of aryl methyl sites for hydroxylation is 1. The molecule has 20 heavy (non-hydrogen) atoms. The van der Waals surface area contributed by atoms with Gasteiger partial charge in [0.15, 0.2) is 0 Å². The van der Waals surface area contributed by atoms with Gasteiger partial charge in [-0.25, -0.2) is 0 Å². The fourth-order valence-corrected chi connectivity index (χ4v) is 3.33. The zero-order valence-corrected chi connectivity index (χ0v) is 12.6. The Bertz CT molecular complexity index is 667. The fourth-order valence-electron chi connectivity index (χ4n) is 2.63. The third-order valence-corrected chi connectivity index (χ3v) is 4.43. The second-order valence-corrected chi connectivity index (χ2v) is 5.91. The Morgan fingerprint density at radius 1 is 1.15 bits per heavy atom. The molecule has 0 aliphatic heterocycles. The Balaban J connectivity index is 1.53. The van der Waals surface area contributed by atoms with Crippen molar-refractivity contribution in [2.45, 2.75) is 19.9 Å². The molecule has 0 amide bonds. The maximum Gasteiger partial charge on any atom is 0.0482 e. The van der Waals surface area contributed by atoms with Gasteiger partial charge >= 0.3 is 0 Å². The summed E-state index contributed by atoms with van der Waals surface area (Å²) in [5, 5.41) is 9.24. The van der Waals surface area contributed by atoms with Crippen molar-refractivity contribution < 1.29 is 0 Å². The van der Waals surface area contributed by atoms with Gasteiger partial charge in [0.2, 0.25) is 0 Å². The molecule has 3 aromatic rings. The van der Waals surface area contributed by atoms with Crippen molar-refractivity contribution in [3.63, 3.8) is 0 Å². The minimum atomic E-state index is 1.02. The molecule has 104 valence electrons. The van der Waals surface area contributed by atoms with Crippen LogP contribution in [0.15, 0.2) is 47.2 Å². The molecule has 0 aliphatic carbocycles. The van der Waals surface area contributed by atoms with Crippen molar-refractivity contribution in [2.24, 2.45) is 0 Å². The summed E-state index contributed by atoms with van der Waals surface area (Å²) >= 11 is 1.77. The quantitative estimate of drug-likeness (QED) is 0.680. The summed E-state index contributed by atoms with van der Waals surface area (Å²) in [6.07, 6.45) is 1.12. The molecule has 2 aromatic heterocycles. The van der Waals surface area contributed by atoms with E-state index in [4.69, 9.17) is 0 Å². The summed E-state index contributed by atoms with van der Waals surface area (Å²) in [6.45, 7) is 5.28. The van der Waals surface area contributed by atoms with Crippen molar-refractivity contribution in [2.75, 3.05) is 13.1 Å². The second-order valence-electron chi connectivity index (χ2n) is 5.13. The molecule has 2 nitrogen and oxygen atoms in total. The molecule has 3 heteroatoms. The molecule has 0 radical (unpaired) electrons. The van der Waals surface area contributed by atoms with Crippen molar-refractivity contribution >= 4 is 22.2 Å². The van der Waals surface area contributed by atoms with Gasteiger partial charge in [-0.1, -0.05) is 18.2 Å². The molecule has 0 spiro atoms. The topological polar surface area (TPSA) is 17.0 Å². The SMILES string of the molecule is Cc1cc2ccccc2n1CCNCCc1ccsc1. The zero-order chi connectivity index (χ0) is 13.8. The van der Waals surface area contributed by atoms with Crippen molar-refractivity contribution in [1.82, 2.24) is 9.88 Å². The van der Waals surface area contributed by atoms with Gasteiger partial charge in [-0.2, -0.15) is 11.3 Å². The lowest BCUT2D eigenvalue weighted by Gasteiger charge is -2.09. The highest BCUT2D eigenvalue weighted by atomic mass is 32.1. The number of fused-ring (bicyclic) bond motifs is 1. The first-order valence-corrected chi connectivity index (χ1v) is 8.05. The third kappa shape index (κ3) is 2.94. The van der Waals surface area contributed by atoms with Crippen LogP contribution in [0.25, 0.3) is 10.9 Å². The molecule has 3 rings (SSSR count). The van der Waals surface area contributed by atoms with Gasteiger partial charge in [-0.15, -0.1) is 0 Å². The van der Waals surface area contributed by atoms with E-state index in [2.05, 4.69) is 64.0 Å². The van der Waals surface area contributed by atoms with Gasteiger partial charge < -0.3 is 9.88 Å². The van der Waals surface area contributed by atoms with Crippen LogP contribution in [-0.4, -0.2) is 17.7 Å². The van der Waals surface area contributed by atoms with Crippen molar-refractivity contribution in [1.29, 1.82) is 0 Å². The molecule has 0 unspecified atom stereocenters. The lowest BCUT2D eigenvalue weighted by molar-refractivity contribution is 0.602. The van der Waals surface area contributed by atoms with E-state index in [-0.39, 0.29) is 0 Å². The molecule has 0 bridgehead atoms. The molecule has 0 saturated carbocycles. The number of benzene rings is 1. The average Bonchev–Trinajstić information content (AvgIpc) is 3.06. The van der Waals surface area contributed by atoms with E-state index in [9.17, 15) is 0 Å². The van der Waals surface area contributed by atoms with Gasteiger partial charge in [0, 0.05) is 24.3 Å². The minimum Gasteiger partial charge on any atom is -0.344 e. The first-order valence-electron chi connectivity index (χ1n) is 7.11. The molecular formula is C17H20N2S. The van der Waals surface area contributed by atoms with E-state index in [1.165, 1.54) is 22.2 Å². The number of nitrogens with one attached hydrogen (secondary N) is 1. The summed E-state index contributed by atoms with van der Waals surface area (Å²) < 4.78 is 2.40. The fraction of sp³-hybridized carbons (Fsp3) is 0.294. The highest BCUT2D eigenvalue weighted by molar-refractivity contribution is 7.07.